The van der Waals surface area contributed by atoms with E-state index in [0.717, 1.165) is 17.8 Å². The Hall–Kier alpha value is -1.26. The van der Waals surface area contributed by atoms with Crippen molar-refractivity contribution >= 4 is 11.9 Å². The van der Waals surface area contributed by atoms with Gasteiger partial charge in [-0.05, 0) is 69.1 Å². The van der Waals surface area contributed by atoms with Crippen LogP contribution in [0.25, 0.3) is 0 Å². The molecule has 3 amide bonds. The van der Waals surface area contributed by atoms with Crippen LogP contribution in [0.5, 0.6) is 0 Å². The van der Waals surface area contributed by atoms with Crippen LogP contribution in [0.4, 0.5) is 4.79 Å². The van der Waals surface area contributed by atoms with Gasteiger partial charge in [-0.15, -0.1) is 0 Å². The number of primary amides is 1. The number of hydrogen-bond donors (Lipinski definition) is 2. The first-order valence-corrected chi connectivity index (χ1v) is 8.89. The second-order valence-corrected chi connectivity index (χ2v) is 8.29. The van der Waals surface area contributed by atoms with Gasteiger partial charge in [0.2, 0.25) is 5.91 Å². The third-order valence-electron chi connectivity index (χ3n) is 6.59. The summed E-state index contributed by atoms with van der Waals surface area (Å²) < 4.78 is 0. The molecule has 0 unspecified atom stereocenters. The summed E-state index contributed by atoms with van der Waals surface area (Å²) in [5.41, 5.74) is 5.44. The highest BCUT2D eigenvalue weighted by molar-refractivity contribution is 5.78. The lowest BCUT2D eigenvalue weighted by Gasteiger charge is -2.57. The molecule has 5 heteroatoms. The smallest absolute Gasteiger partial charge is 0.317 e. The number of hydrogen-bond acceptors (Lipinski definition) is 2. The minimum Gasteiger partial charge on any atom is -0.369 e. The molecule has 5 nitrogen and oxygen atoms in total. The van der Waals surface area contributed by atoms with Gasteiger partial charge in [-0.1, -0.05) is 0 Å². The molecule has 5 fully saturated rings. The zero-order valence-corrected chi connectivity index (χ0v) is 13.2. The molecule has 0 spiro atoms. The Labute approximate surface area is 132 Å². The molecular weight excluding hydrogens is 278 g/mol. The van der Waals surface area contributed by atoms with E-state index in [0.29, 0.717) is 25.9 Å². The standard InChI is InChI=1S/C17H27N3O2/c18-15(21)14-1-3-20(4-2-14)16(22)19-17-8-11-5-12(9-17)7-13(6-11)10-17/h11-14H,1-10H2,(H2,18,21)(H,19,22). The van der Waals surface area contributed by atoms with Crippen molar-refractivity contribution in [2.24, 2.45) is 29.4 Å². The lowest BCUT2D eigenvalue weighted by molar-refractivity contribution is -0.123. The second kappa shape index (κ2) is 5.14. The number of urea groups is 1. The normalized spacial score (nSPS) is 40.7. The van der Waals surface area contributed by atoms with Crippen LogP contribution in [-0.2, 0) is 4.79 Å². The van der Waals surface area contributed by atoms with E-state index in [4.69, 9.17) is 5.73 Å². The number of nitrogens with one attached hydrogen (secondary N) is 1. The lowest BCUT2D eigenvalue weighted by Crippen LogP contribution is -2.62. The van der Waals surface area contributed by atoms with Crippen molar-refractivity contribution in [3.05, 3.63) is 0 Å². The lowest BCUT2D eigenvalue weighted by atomic mass is 9.53. The van der Waals surface area contributed by atoms with E-state index < -0.39 is 0 Å². The van der Waals surface area contributed by atoms with E-state index >= 15 is 0 Å². The van der Waals surface area contributed by atoms with Gasteiger partial charge in [-0.25, -0.2) is 4.79 Å². The molecule has 5 aliphatic rings. The van der Waals surface area contributed by atoms with Gasteiger partial charge < -0.3 is 16.0 Å². The molecule has 1 aliphatic heterocycles. The monoisotopic (exact) mass is 305 g/mol. The summed E-state index contributed by atoms with van der Waals surface area (Å²) in [6.07, 6.45) is 9.14. The number of piperidine rings is 1. The maximum atomic E-state index is 12.7. The predicted molar refractivity (Wildman–Crippen MR) is 82.9 cm³/mol. The third-order valence-corrected chi connectivity index (χ3v) is 6.59. The van der Waals surface area contributed by atoms with Crippen LogP contribution in [-0.4, -0.2) is 35.5 Å². The van der Waals surface area contributed by atoms with Gasteiger partial charge in [0.1, 0.15) is 0 Å². The van der Waals surface area contributed by atoms with Gasteiger partial charge in [-0.2, -0.15) is 0 Å². The van der Waals surface area contributed by atoms with Crippen LogP contribution in [0.3, 0.4) is 0 Å². The summed E-state index contributed by atoms with van der Waals surface area (Å²) in [5, 5.41) is 3.41. The van der Waals surface area contributed by atoms with E-state index in [1.807, 2.05) is 4.90 Å². The van der Waals surface area contributed by atoms with Gasteiger partial charge in [0, 0.05) is 24.5 Å². The van der Waals surface area contributed by atoms with Crippen molar-refractivity contribution in [3.63, 3.8) is 0 Å². The number of nitrogens with two attached hydrogens (primary N) is 1. The highest BCUT2D eigenvalue weighted by Gasteiger charge is 2.51. The summed E-state index contributed by atoms with van der Waals surface area (Å²) >= 11 is 0. The maximum absolute atomic E-state index is 12.7. The molecule has 22 heavy (non-hydrogen) atoms. The Kier molecular flexibility index (Phi) is 3.35. The molecule has 0 aromatic heterocycles. The van der Waals surface area contributed by atoms with E-state index in [2.05, 4.69) is 5.32 Å². The minimum atomic E-state index is -0.221. The summed E-state index contributed by atoms with van der Waals surface area (Å²) in [4.78, 5) is 25.8. The van der Waals surface area contributed by atoms with Crippen LogP contribution < -0.4 is 11.1 Å². The number of nitrogens with zero attached hydrogens (tertiary/aromatic N) is 1. The Morgan fingerprint density at radius 2 is 1.45 bits per heavy atom. The number of rotatable bonds is 2. The van der Waals surface area contributed by atoms with Crippen molar-refractivity contribution in [1.82, 2.24) is 10.2 Å². The zero-order valence-electron chi connectivity index (χ0n) is 13.2. The van der Waals surface area contributed by atoms with Gasteiger partial charge >= 0.3 is 6.03 Å². The average molecular weight is 305 g/mol. The highest BCUT2D eigenvalue weighted by Crippen LogP contribution is 2.55. The van der Waals surface area contributed by atoms with E-state index in [-0.39, 0.29) is 23.4 Å². The Morgan fingerprint density at radius 1 is 0.955 bits per heavy atom. The molecule has 0 aromatic rings. The molecule has 4 bridgehead atoms. The molecule has 4 aliphatic carbocycles. The number of likely N-dealkylation sites (tertiary alicyclic amines) is 1. The molecular formula is C17H27N3O2. The summed E-state index contributed by atoms with van der Waals surface area (Å²) in [7, 11) is 0. The van der Waals surface area contributed by atoms with Gasteiger partial charge in [0.05, 0.1) is 0 Å². The fourth-order valence-electron chi connectivity index (χ4n) is 5.94. The highest BCUT2D eigenvalue weighted by atomic mass is 16.2. The average Bonchev–Trinajstić information content (AvgIpc) is 2.45. The zero-order chi connectivity index (χ0) is 15.3. The van der Waals surface area contributed by atoms with Crippen LogP contribution in [0.1, 0.15) is 51.4 Å². The van der Waals surface area contributed by atoms with Crippen molar-refractivity contribution in [1.29, 1.82) is 0 Å². The first-order valence-electron chi connectivity index (χ1n) is 8.89. The molecule has 1 heterocycles. The predicted octanol–water partition coefficient (Wildman–Crippen LogP) is 1.86. The first-order chi connectivity index (χ1) is 10.5. The number of amides is 3. The van der Waals surface area contributed by atoms with Gasteiger partial charge in [0.25, 0.3) is 0 Å². The fraction of sp³-hybridized carbons (Fsp3) is 0.882. The van der Waals surface area contributed by atoms with Gasteiger partial charge in [-0.3, -0.25) is 4.79 Å². The molecule has 0 aromatic carbocycles. The van der Waals surface area contributed by atoms with Gasteiger partial charge in [0.15, 0.2) is 0 Å². The van der Waals surface area contributed by atoms with Crippen LogP contribution >= 0.6 is 0 Å². The Balaban J connectivity index is 1.37. The quantitative estimate of drug-likeness (QED) is 0.817. The second-order valence-electron chi connectivity index (χ2n) is 8.29. The molecule has 1 saturated heterocycles. The number of carbonyl (C=O) groups is 2. The molecule has 122 valence electrons. The van der Waals surface area contributed by atoms with E-state index in [1.165, 1.54) is 38.5 Å². The summed E-state index contributed by atoms with van der Waals surface area (Å²) in [5.74, 6) is 2.25. The van der Waals surface area contributed by atoms with E-state index in [1.54, 1.807) is 0 Å². The molecule has 5 rings (SSSR count). The maximum Gasteiger partial charge on any atom is 0.317 e. The molecule has 0 radical (unpaired) electrons. The largest absolute Gasteiger partial charge is 0.369 e. The third kappa shape index (κ3) is 2.48. The van der Waals surface area contributed by atoms with Crippen LogP contribution in [0, 0.1) is 23.7 Å². The summed E-state index contributed by atoms with van der Waals surface area (Å²) in [6, 6.07) is 0.0878. The Bertz CT molecular complexity index is 447. The topological polar surface area (TPSA) is 75.4 Å². The fourth-order valence-corrected chi connectivity index (χ4v) is 5.94. The van der Waals surface area contributed by atoms with Crippen molar-refractivity contribution in [2.75, 3.05) is 13.1 Å². The number of carbonyl (C=O) groups excluding carboxylic acids is 2. The van der Waals surface area contributed by atoms with Crippen molar-refractivity contribution < 1.29 is 9.59 Å². The van der Waals surface area contributed by atoms with E-state index in [9.17, 15) is 9.59 Å². The first kappa shape index (κ1) is 14.3. The van der Waals surface area contributed by atoms with Crippen LogP contribution in [0.15, 0.2) is 0 Å². The van der Waals surface area contributed by atoms with Crippen LogP contribution in [0.2, 0.25) is 0 Å². The van der Waals surface area contributed by atoms with Crippen molar-refractivity contribution in [2.45, 2.75) is 56.9 Å². The molecule has 0 atom stereocenters. The molecule has 3 N–H and O–H groups in total. The van der Waals surface area contributed by atoms with Crippen molar-refractivity contribution in [3.8, 4) is 0 Å². The summed E-state index contributed by atoms with van der Waals surface area (Å²) in [6.45, 7) is 1.32. The Morgan fingerprint density at radius 3 is 1.91 bits per heavy atom. The minimum absolute atomic E-state index is 0.0522. The SMILES string of the molecule is NC(=O)C1CCN(C(=O)NC23CC4CC(CC(C4)C2)C3)CC1. The molecule has 4 saturated carbocycles.